The molecule has 0 radical (unpaired) electrons. The molecule has 2 unspecified atom stereocenters. The van der Waals surface area contributed by atoms with Gasteiger partial charge in [-0.15, -0.1) is 0 Å². The fourth-order valence-corrected chi connectivity index (χ4v) is 4.24. The second-order valence-corrected chi connectivity index (χ2v) is 5.48. The number of carbonyl (C=O) groups excluding carboxylic acids is 2. The second kappa shape index (κ2) is 2.83. The van der Waals surface area contributed by atoms with E-state index in [4.69, 9.17) is 4.74 Å². The molecule has 0 spiro atoms. The van der Waals surface area contributed by atoms with Crippen molar-refractivity contribution < 1.29 is 14.3 Å². The number of carbonyl (C=O) groups is 2. The van der Waals surface area contributed by atoms with Crippen molar-refractivity contribution in [2.24, 2.45) is 23.2 Å². The summed E-state index contributed by atoms with van der Waals surface area (Å²) in [6, 6.07) is 0. The number of hydrogen-bond donors (Lipinski definition) is 0. The van der Waals surface area contributed by atoms with Gasteiger partial charge in [-0.2, -0.15) is 0 Å². The van der Waals surface area contributed by atoms with E-state index in [0.29, 0.717) is 11.8 Å². The first kappa shape index (κ1) is 9.37. The Balaban J connectivity index is 2.01. The van der Waals surface area contributed by atoms with E-state index in [1.807, 2.05) is 0 Å². The maximum absolute atomic E-state index is 12.2. The van der Waals surface area contributed by atoms with E-state index in [-0.39, 0.29) is 17.7 Å². The van der Waals surface area contributed by atoms with E-state index < -0.39 is 5.41 Å². The lowest BCUT2D eigenvalue weighted by atomic mass is 9.49. The van der Waals surface area contributed by atoms with Crippen LogP contribution in [0.25, 0.3) is 0 Å². The Morgan fingerprint density at radius 3 is 2.40 bits per heavy atom. The summed E-state index contributed by atoms with van der Waals surface area (Å²) in [6.45, 7) is 0. The van der Waals surface area contributed by atoms with Crippen LogP contribution in [0.2, 0.25) is 0 Å². The normalized spacial score (nSPS) is 47.0. The van der Waals surface area contributed by atoms with E-state index in [1.54, 1.807) is 0 Å². The third-order valence-corrected chi connectivity index (χ3v) is 4.60. The molecule has 4 fully saturated rings. The molecule has 2 atom stereocenters. The molecule has 3 heteroatoms. The number of rotatable bonds is 1. The van der Waals surface area contributed by atoms with Gasteiger partial charge in [0.15, 0.2) is 5.78 Å². The molecule has 4 saturated carbocycles. The van der Waals surface area contributed by atoms with Gasteiger partial charge in [-0.05, 0) is 43.9 Å². The van der Waals surface area contributed by atoms with Crippen LogP contribution >= 0.6 is 0 Å². The molecule has 0 saturated heterocycles. The van der Waals surface area contributed by atoms with Gasteiger partial charge < -0.3 is 4.74 Å². The van der Waals surface area contributed by atoms with Crippen molar-refractivity contribution in [3.63, 3.8) is 0 Å². The third-order valence-electron chi connectivity index (χ3n) is 4.60. The van der Waals surface area contributed by atoms with Gasteiger partial charge in [0.05, 0.1) is 7.11 Å². The monoisotopic (exact) mass is 208 g/mol. The molecule has 4 aliphatic rings. The van der Waals surface area contributed by atoms with Crippen LogP contribution in [0, 0.1) is 23.2 Å². The summed E-state index contributed by atoms with van der Waals surface area (Å²) in [7, 11) is 1.40. The van der Waals surface area contributed by atoms with Crippen molar-refractivity contribution in [2.45, 2.75) is 32.1 Å². The van der Waals surface area contributed by atoms with Crippen LogP contribution in [0.5, 0.6) is 0 Å². The fourth-order valence-electron chi connectivity index (χ4n) is 4.24. The molecule has 0 aromatic heterocycles. The van der Waals surface area contributed by atoms with Gasteiger partial charge in [-0.25, -0.2) is 0 Å². The van der Waals surface area contributed by atoms with Gasteiger partial charge in [0.2, 0.25) is 0 Å². The Hall–Kier alpha value is -0.860. The first-order chi connectivity index (χ1) is 7.15. The zero-order chi connectivity index (χ0) is 10.6. The van der Waals surface area contributed by atoms with E-state index in [9.17, 15) is 9.59 Å². The topological polar surface area (TPSA) is 43.4 Å². The molecule has 0 aromatic carbocycles. The van der Waals surface area contributed by atoms with Gasteiger partial charge in [-0.1, -0.05) is 0 Å². The van der Waals surface area contributed by atoms with Gasteiger partial charge in [-0.3, -0.25) is 9.59 Å². The molecule has 0 aromatic rings. The quantitative estimate of drug-likeness (QED) is 0.485. The highest BCUT2D eigenvalue weighted by atomic mass is 16.5. The average Bonchev–Trinajstić information content (AvgIpc) is 2.23. The first-order valence-electron chi connectivity index (χ1n) is 5.78. The molecule has 0 N–H and O–H groups in total. The van der Waals surface area contributed by atoms with Crippen LogP contribution in [-0.4, -0.2) is 18.9 Å². The van der Waals surface area contributed by atoms with Gasteiger partial charge in [0.25, 0.3) is 0 Å². The Morgan fingerprint density at radius 2 is 1.87 bits per heavy atom. The third kappa shape index (κ3) is 1.06. The van der Waals surface area contributed by atoms with E-state index in [1.165, 1.54) is 13.5 Å². The standard InChI is InChI=1S/C12H16O3/c1-15-11(14)12-5-7-2-8(6-12)4-9(3-7)10(12)13/h7-9H,2-6H2,1H3. The molecule has 0 aliphatic heterocycles. The highest BCUT2D eigenvalue weighted by Gasteiger charge is 2.61. The lowest BCUT2D eigenvalue weighted by Gasteiger charge is -2.53. The van der Waals surface area contributed by atoms with Crippen LogP contribution in [0.3, 0.4) is 0 Å². The van der Waals surface area contributed by atoms with Crippen LogP contribution in [0.4, 0.5) is 0 Å². The lowest BCUT2D eigenvalue weighted by Crippen LogP contribution is -2.57. The Kier molecular flexibility index (Phi) is 1.77. The summed E-state index contributed by atoms with van der Waals surface area (Å²) in [5.74, 6) is 1.27. The van der Waals surface area contributed by atoms with Gasteiger partial charge in [0, 0.05) is 5.92 Å². The number of esters is 1. The molecule has 4 rings (SSSR count). The number of ether oxygens (including phenoxy) is 1. The second-order valence-electron chi connectivity index (χ2n) is 5.48. The lowest BCUT2D eigenvalue weighted by molar-refractivity contribution is -0.175. The van der Waals surface area contributed by atoms with Crippen LogP contribution in [0.15, 0.2) is 0 Å². The maximum atomic E-state index is 12.2. The van der Waals surface area contributed by atoms with Crippen LogP contribution < -0.4 is 0 Å². The molecule has 3 nitrogen and oxygen atoms in total. The highest BCUT2D eigenvalue weighted by Crippen LogP contribution is 2.58. The first-order valence-corrected chi connectivity index (χ1v) is 5.78. The Labute approximate surface area is 89.2 Å². The van der Waals surface area contributed by atoms with Crippen molar-refractivity contribution in [1.82, 2.24) is 0 Å². The van der Waals surface area contributed by atoms with Crippen molar-refractivity contribution in [2.75, 3.05) is 7.11 Å². The number of ketones is 1. The Bertz CT molecular complexity index is 320. The minimum atomic E-state index is -0.733. The molecule has 0 heterocycles. The molecule has 82 valence electrons. The number of Topliss-reactive ketones (excluding diaryl/α,β-unsaturated/α-hetero) is 1. The molecule has 4 bridgehead atoms. The smallest absolute Gasteiger partial charge is 0.319 e. The summed E-state index contributed by atoms with van der Waals surface area (Å²) in [5, 5.41) is 0. The summed E-state index contributed by atoms with van der Waals surface area (Å²) < 4.78 is 4.85. The number of hydrogen-bond acceptors (Lipinski definition) is 3. The van der Waals surface area contributed by atoms with Gasteiger partial charge in [0.1, 0.15) is 5.41 Å². The molecule has 4 aliphatic carbocycles. The largest absolute Gasteiger partial charge is 0.468 e. The minimum absolute atomic E-state index is 0.162. The average molecular weight is 208 g/mol. The molecular formula is C12H16O3. The predicted octanol–water partition coefficient (Wildman–Crippen LogP) is 1.55. The van der Waals surface area contributed by atoms with Crippen molar-refractivity contribution in [3.8, 4) is 0 Å². The molecule has 0 amide bonds. The maximum Gasteiger partial charge on any atom is 0.319 e. The van der Waals surface area contributed by atoms with E-state index in [0.717, 1.165) is 25.7 Å². The predicted molar refractivity (Wildman–Crippen MR) is 53.0 cm³/mol. The van der Waals surface area contributed by atoms with Crippen molar-refractivity contribution in [1.29, 1.82) is 0 Å². The highest BCUT2D eigenvalue weighted by molar-refractivity contribution is 6.06. The van der Waals surface area contributed by atoms with Crippen molar-refractivity contribution >= 4 is 11.8 Å². The molecular weight excluding hydrogens is 192 g/mol. The summed E-state index contributed by atoms with van der Waals surface area (Å²) >= 11 is 0. The summed E-state index contributed by atoms with van der Waals surface area (Å²) in [5.41, 5.74) is -0.733. The fraction of sp³-hybridized carbons (Fsp3) is 0.833. The number of methoxy groups -OCH3 is 1. The van der Waals surface area contributed by atoms with E-state index >= 15 is 0 Å². The van der Waals surface area contributed by atoms with Gasteiger partial charge >= 0.3 is 5.97 Å². The zero-order valence-electron chi connectivity index (χ0n) is 8.99. The van der Waals surface area contributed by atoms with Crippen LogP contribution in [-0.2, 0) is 14.3 Å². The van der Waals surface area contributed by atoms with E-state index in [2.05, 4.69) is 0 Å². The minimum Gasteiger partial charge on any atom is -0.468 e. The summed E-state index contributed by atoms with van der Waals surface area (Å²) in [6.07, 6.45) is 4.78. The SMILES string of the molecule is COC(=O)C12CC3CC(CC(C3)C1=O)C2. The van der Waals surface area contributed by atoms with Crippen molar-refractivity contribution in [3.05, 3.63) is 0 Å². The summed E-state index contributed by atoms with van der Waals surface area (Å²) in [4.78, 5) is 24.0. The molecule has 15 heavy (non-hydrogen) atoms. The van der Waals surface area contributed by atoms with Crippen LogP contribution in [0.1, 0.15) is 32.1 Å². The Morgan fingerprint density at radius 1 is 1.27 bits per heavy atom. The zero-order valence-corrected chi connectivity index (χ0v) is 8.99.